The Bertz CT molecular complexity index is 2020. The van der Waals surface area contributed by atoms with Gasteiger partial charge < -0.3 is 15.8 Å². The number of ether oxygens (including phenoxy) is 1. The first-order chi connectivity index (χ1) is 24.4. The van der Waals surface area contributed by atoms with Crippen molar-refractivity contribution in [2.45, 2.75) is 69.8 Å². The Hall–Kier alpha value is -5.06. The second kappa shape index (κ2) is 13.2. The number of alkyl halides is 5. The van der Waals surface area contributed by atoms with Gasteiger partial charge in [-0.05, 0) is 59.6 Å². The van der Waals surface area contributed by atoms with Crippen LogP contribution in [0.5, 0.6) is 0 Å². The fourth-order valence-corrected chi connectivity index (χ4v) is 6.64. The maximum Gasteiger partial charge on any atom is 0.411 e. The molecule has 0 bridgehead atoms. The number of aliphatic imine (C=N–C) groups is 1. The third-order valence-electron chi connectivity index (χ3n) is 9.06. The number of aromatic nitrogens is 5. The Labute approximate surface area is 299 Å². The summed E-state index contributed by atoms with van der Waals surface area (Å²) in [5, 5.41) is 9.97. The number of aryl methyl sites for hydroxylation is 1. The second-order valence-electron chi connectivity index (χ2n) is 14.0. The van der Waals surface area contributed by atoms with Gasteiger partial charge in [0, 0.05) is 13.2 Å². The topological polar surface area (TPSA) is 146 Å². The minimum Gasteiger partial charge on any atom is -0.447 e. The molecule has 276 valence electrons. The predicted octanol–water partition coefficient (Wildman–Crippen LogP) is 6.61. The molecule has 0 saturated heterocycles. The highest BCUT2D eigenvalue weighted by atomic mass is 35.5. The summed E-state index contributed by atoms with van der Waals surface area (Å²) >= 11 is 6.42. The molecule has 1 fully saturated rings. The molecule has 1 aliphatic carbocycles. The number of hydrogen-bond acceptors (Lipinski definition) is 8. The smallest absolute Gasteiger partial charge is 0.411 e. The summed E-state index contributed by atoms with van der Waals surface area (Å²) in [7, 11) is 1.79. The van der Waals surface area contributed by atoms with E-state index in [4.69, 9.17) is 27.1 Å². The van der Waals surface area contributed by atoms with Gasteiger partial charge in [0.25, 0.3) is 12.3 Å². The number of amides is 2. The average Bonchev–Trinajstić information content (AvgIpc) is 3.37. The van der Waals surface area contributed by atoms with Crippen molar-refractivity contribution >= 4 is 29.6 Å². The zero-order valence-corrected chi connectivity index (χ0v) is 29.2. The fraction of sp³-hybridized carbons (Fsp3) is 0.412. The van der Waals surface area contributed by atoms with Crippen molar-refractivity contribution < 1.29 is 36.3 Å². The van der Waals surface area contributed by atoms with Gasteiger partial charge in [-0.25, -0.2) is 28.2 Å². The van der Waals surface area contributed by atoms with Crippen molar-refractivity contribution in [2.75, 3.05) is 6.61 Å². The van der Waals surface area contributed by atoms with E-state index in [-0.39, 0.29) is 41.5 Å². The highest BCUT2D eigenvalue weighted by Gasteiger charge is 2.64. The molecule has 2 aliphatic rings. The molecule has 1 aliphatic heterocycles. The molecule has 12 nitrogen and oxygen atoms in total. The number of benzene rings is 2. The fourth-order valence-electron chi connectivity index (χ4n) is 6.44. The molecule has 3 N–H and O–H groups in total. The monoisotopic (exact) mass is 747 g/mol. The zero-order valence-electron chi connectivity index (χ0n) is 28.5. The third-order valence-corrected chi connectivity index (χ3v) is 9.38. The van der Waals surface area contributed by atoms with Crippen LogP contribution in [0.25, 0.3) is 16.9 Å². The summed E-state index contributed by atoms with van der Waals surface area (Å²) in [5.41, 5.74) is 4.34. The molecule has 1 saturated carbocycles. The molecule has 52 heavy (non-hydrogen) atoms. The van der Waals surface area contributed by atoms with Crippen LogP contribution in [0.1, 0.15) is 69.5 Å². The van der Waals surface area contributed by atoms with Gasteiger partial charge in [-0.1, -0.05) is 62.7 Å². The number of rotatable bonds is 10. The maximum absolute atomic E-state index is 14.9. The Morgan fingerprint density at radius 2 is 1.77 bits per heavy atom. The van der Waals surface area contributed by atoms with E-state index in [0.29, 0.717) is 5.56 Å². The second-order valence-corrected chi connectivity index (χ2v) is 14.4. The lowest BCUT2D eigenvalue weighted by Gasteiger charge is -2.35. The SMILES string of the molecule is Cn1nccc1-c1ccc([C@@]2(CC(C)(C)C)N=C(N)N(C(COC(=O)NC3(C(F)(F)F)CC3)c3ccc(Cl)c(-n4ncnc4C(F)F)c3)C2=O)cc1. The van der Waals surface area contributed by atoms with Crippen LogP contribution in [-0.4, -0.2) is 65.7 Å². The number of carbonyl (C=O) groups excluding carboxylic acids is 2. The lowest BCUT2D eigenvalue weighted by Crippen LogP contribution is -2.50. The van der Waals surface area contributed by atoms with Crippen LogP contribution in [0.2, 0.25) is 5.02 Å². The normalized spacial score (nSPS) is 19.2. The van der Waals surface area contributed by atoms with E-state index >= 15 is 0 Å². The average molecular weight is 748 g/mol. The van der Waals surface area contributed by atoms with Gasteiger partial charge in [-0.3, -0.25) is 14.4 Å². The highest BCUT2D eigenvalue weighted by molar-refractivity contribution is 6.32. The van der Waals surface area contributed by atoms with Crippen LogP contribution in [0.4, 0.5) is 26.7 Å². The summed E-state index contributed by atoms with van der Waals surface area (Å²) in [4.78, 5) is 37.2. The zero-order chi connectivity index (χ0) is 37.8. The number of nitrogens with zero attached hydrogens (tertiary/aromatic N) is 7. The predicted molar refractivity (Wildman–Crippen MR) is 179 cm³/mol. The largest absolute Gasteiger partial charge is 0.447 e. The van der Waals surface area contributed by atoms with Crippen LogP contribution in [0, 0.1) is 5.41 Å². The Morgan fingerprint density at radius 3 is 2.35 bits per heavy atom. The number of guanidine groups is 1. The summed E-state index contributed by atoms with van der Waals surface area (Å²) in [6.07, 6.45) is -7.01. The standard InChI is InChI=1S/C34H35ClF5N9O3/c1-31(2,3)17-33(21-8-5-19(6-9-21)23-11-14-43-47(23)4)28(50)48(29(41)45-33)25(16-52-30(51)46-32(12-13-32)34(38,39)40)20-7-10-22(35)24(15-20)49-27(26(36)37)42-18-44-49/h5-11,14-15,18,25-26H,12-13,16-17H2,1-4H3,(H2,41,45)(H,46,51)/t25?,33-/m1/s1. The van der Waals surface area contributed by atoms with Crippen molar-refractivity contribution in [3.05, 3.63) is 83.0 Å². The van der Waals surface area contributed by atoms with Crippen molar-refractivity contribution in [1.82, 2.24) is 34.8 Å². The van der Waals surface area contributed by atoms with Gasteiger partial charge in [0.15, 0.2) is 17.3 Å². The Balaban J connectivity index is 1.41. The van der Waals surface area contributed by atoms with E-state index in [2.05, 4.69) is 15.2 Å². The van der Waals surface area contributed by atoms with E-state index < -0.39 is 59.6 Å². The number of nitrogens with two attached hydrogens (primary N) is 1. The quantitative estimate of drug-likeness (QED) is 0.174. The number of carbonyl (C=O) groups is 2. The lowest BCUT2D eigenvalue weighted by molar-refractivity contribution is -0.164. The van der Waals surface area contributed by atoms with Crippen LogP contribution in [0.15, 0.2) is 66.0 Å². The van der Waals surface area contributed by atoms with Crippen LogP contribution >= 0.6 is 11.6 Å². The molecule has 0 spiro atoms. The molecule has 18 heteroatoms. The van der Waals surface area contributed by atoms with Crippen molar-refractivity contribution in [3.8, 4) is 16.9 Å². The minimum atomic E-state index is -4.71. The molecule has 3 heterocycles. The van der Waals surface area contributed by atoms with E-state index in [1.54, 1.807) is 30.1 Å². The van der Waals surface area contributed by atoms with E-state index in [0.717, 1.165) is 27.2 Å². The van der Waals surface area contributed by atoms with Crippen LogP contribution < -0.4 is 11.1 Å². The van der Waals surface area contributed by atoms with E-state index in [9.17, 15) is 31.5 Å². The summed E-state index contributed by atoms with van der Waals surface area (Å²) in [5.74, 6) is -1.59. The lowest BCUT2D eigenvalue weighted by atomic mass is 9.75. The van der Waals surface area contributed by atoms with Crippen molar-refractivity contribution in [1.29, 1.82) is 0 Å². The number of hydrogen-bond donors (Lipinski definition) is 2. The molecule has 4 aromatic rings. The minimum absolute atomic E-state index is 0.0145. The molecule has 2 aromatic carbocycles. The first-order valence-electron chi connectivity index (χ1n) is 16.1. The maximum atomic E-state index is 14.9. The molecule has 2 atom stereocenters. The molecule has 2 amide bonds. The van der Waals surface area contributed by atoms with Gasteiger partial charge in [-0.15, -0.1) is 0 Å². The third kappa shape index (κ3) is 6.80. The highest BCUT2D eigenvalue weighted by Crippen LogP contribution is 2.49. The number of nitrogens with one attached hydrogen (secondary N) is 1. The van der Waals surface area contributed by atoms with Gasteiger partial charge in [0.1, 0.15) is 18.5 Å². The Kier molecular flexibility index (Phi) is 9.30. The molecule has 2 aromatic heterocycles. The molecular formula is C34H35ClF5N9O3. The van der Waals surface area contributed by atoms with Gasteiger partial charge >= 0.3 is 12.3 Å². The van der Waals surface area contributed by atoms with Gasteiger partial charge in [0.05, 0.1) is 22.4 Å². The summed E-state index contributed by atoms with van der Waals surface area (Å²) in [6.45, 7) is 5.06. The van der Waals surface area contributed by atoms with Crippen molar-refractivity contribution in [2.24, 2.45) is 23.2 Å². The van der Waals surface area contributed by atoms with Crippen LogP contribution in [0.3, 0.4) is 0 Å². The Morgan fingerprint density at radius 1 is 1.08 bits per heavy atom. The van der Waals surface area contributed by atoms with Gasteiger partial charge in [-0.2, -0.15) is 23.4 Å². The number of alkyl carbamates (subject to hydrolysis) is 1. The molecule has 1 unspecified atom stereocenters. The van der Waals surface area contributed by atoms with Crippen molar-refractivity contribution in [3.63, 3.8) is 0 Å². The molecule has 6 rings (SSSR count). The van der Waals surface area contributed by atoms with Gasteiger partial charge in [0.2, 0.25) is 0 Å². The molecular weight excluding hydrogens is 713 g/mol. The summed E-state index contributed by atoms with van der Waals surface area (Å²) in [6, 6.07) is 11.8. The number of halogens is 6. The van der Waals surface area contributed by atoms with Crippen LogP contribution in [-0.2, 0) is 22.1 Å². The summed E-state index contributed by atoms with van der Waals surface area (Å²) < 4.78 is 76.4. The first kappa shape index (κ1) is 36.7. The van der Waals surface area contributed by atoms with E-state index in [1.165, 1.54) is 18.2 Å². The van der Waals surface area contributed by atoms with E-state index in [1.807, 2.05) is 44.3 Å². The first-order valence-corrected chi connectivity index (χ1v) is 16.5. The molecule has 0 radical (unpaired) electrons.